The van der Waals surface area contributed by atoms with E-state index in [0.29, 0.717) is 39.2 Å². The molecule has 208 valence electrons. The fraction of sp³-hybridized carbons (Fsp3) is 0.0667. The summed E-state index contributed by atoms with van der Waals surface area (Å²) in [7, 11) is 0. The van der Waals surface area contributed by atoms with Crippen molar-refractivity contribution in [2.24, 2.45) is 5.10 Å². The Labute approximate surface area is 250 Å². The summed E-state index contributed by atoms with van der Waals surface area (Å²) in [6.07, 6.45) is 1.41. The minimum atomic E-state index is -0.674. The number of hydrogen-bond acceptors (Lipinski definition) is 6. The number of anilines is 1. The maximum Gasteiger partial charge on any atom is 0.345 e. The van der Waals surface area contributed by atoms with Gasteiger partial charge in [-0.25, -0.2) is 10.2 Å². The van der Waals surface area contributed by atoms with E-state index in [0.717, 1.165) is 0 Å². The first-order chi connectivity index (χ1) is 19.7. The molecule has 4 aromatic rings. The number of amides is 2. The first kappa shape index (κ1) is 29.6. The quantitative estimate of drug-likeness (QED) is 0.0897. The van der Waals surface area contributed by atoms with Gasteiger partial charge in [0.25, 0.3) is 11.8 Å². The van der Waals surface area contributed by atoms with Crippen molar-refractivity contribution in [1.82, 2.24) is 5.43 Å². The monoisotopic (exact) mass is 609 g/mol. The highest BCUT2D eigenvalue weighted by molar-refractivity contribution is 6.36. The molecule has 0 atom stereocenters. The van der Waals surface area contributed by atoms with Gasteiger partial charge in [0.05, 0.1) is 34.0 Å². The van der Waals surface area contributed by atoms with Crippen LogP contribution in [0.2, 0.25) is 15.1 Å². The zero-order valence-corrected chi connectivity index (χ0v) is 23.8. The Morgan fingerprint density at radius 1 is 0.805 bits per heavy atom. The lowest BCUT2D eigenvalue weighted by atomic mass is 10.1. The van der Waals surface area contributed by atoms with Crippen LogP contribution < -0.4 is 20.2 Å². The molecule has 4 aromatic carbocycles. The number of carbonyl (C=O) groups excluding carboxylic acids is 3. The van der Waals surface area contributed by atoms with Gasteiger partial charge >= 0.3 is 5.97 Å². The number of halogens is 3. The van der Waals surface area contributed by atoms with Gasteiger partial charge in [0.15, 0.2) is 11.5 Å². The Morgan fingerprint density at radius 3 is 2.37 bits per heavy atom. The van der Waals surface area contributed by atoms with E-state index in [-0.39, 0.29) is 21.9 Å². The molecule has 2 amide bonds. The number of hydrogen-bond donors (Lipinski definition) is 2. The highest BCUT2D eigenvalue weighted by Gasteiger charge is 2.17. The van der Waals surface area contributed by atoms with E-state index in [1.807, 2.05) is 0 Å². The molecule has 0 radical (unpaired) electrons. The van der Waals surface area contributed by atoms with Crippen molar-refractivity contribution >= 4 is 64.5 Å². The molecule has 0 aliphatic carbocycles. The average Bonchev–Trinajstić information content (AvgIpc) is 2.94. The molecule has 0 aromatic heterocycles. The molecule has 0 fully saturated rings. The second-order valence-electron chi connectivity index (χ2n) is 8.37. The van der Waals surface area contributed by atoms with Crippen molar-refractivity contribution in [2.45, 2.75) is 6.92 Å². The molecule has 8 nitrogen and oxygen atoms in total. The normalized spacial score (nSPS) is 10.7. The Hall–Kier alpha value is -4.37. The predicted molar refractivity (Wildman–Crippen MR) is 160 cm³/mol. The maximum absolute atomic E-state index is 12.7. The van der Waals surface area contributed by atoms with Crippen LogP contribution in [0.5, 0.6) is 11.5 Å². The van der Waals surface area contributed by atoms with Crippen molar-refractivity contribution in [3.63, 3.8) is 0 Å². The Kier molecular flexibility index (Phi) is 9.97. The number of esters is 1. The molecule has 0 heterocycles. The number of nitrogens with one attached hydrogen (secondary N) is 2. The third-order valence-corrected chi connectivity index (χ3v) is 6.38. The van der Waals surface area contributed by atoms with Crippen LogP contribution in [0.4, 0.5) is 5.69 Å². The second kappa shape index (κ2) is 13.8. The zero-order chi connectivity index (χ0) is 29.4. The van der Waals surface area contributed by atoms with Crippen LogP contribution in [-0.4, -0.2) is 30.6 Å². The van der Waals surface area contributed by atoms with E-state index < -0.39 is 17.8 Å². The Morgan fingerprint density at radius 2 is 1.61 bits per heavy atom. The topological polar surface area (TPSA) is 106 Å². The summed E-state index contributed by atoms with van der Waals surface area (Å²) in [5, 5.41) is 7.60. The van der Waals surface area contributed by atoms with Gasteiger partial charge in [-0.2, -0.15) is 5.10 Å². The standard InChI is InChI=1S/C30H22Cl3N3O5/c1-2-40-27-14-18(10-13-26(27)41-30(39)23-12-11-20(31)16-25(23)33)17-34-36-28(37)19-6-5-7-21(15-19)35-29(38)22-8-3-4-9-24(22)32/h3-17H,2H2,1H3,(H,35,38)(H,36,37). The molecule has 0 bridgehead atoms. The van der Waals surface area contributed by atoms with Gasteiger partial charge in [0, 0.05) is 16.3 Å². The van der Waals surface area contributed by atoms with E-state index in [4.69, 9.17) is 44.3 Å². The minimum Gasteiger partial charge on any atom is -0.490 e. The SMILES string of the molecule is CCOc1cc(C=NNC(=O)c2cccc(NC(=O)c3ccccc3Cl)c2)ccc1OC(=O)c1ccc(Cl)cc1Cl. The van der Waals surface area contributed by atoms with Gasteiger partial charge in [-0.15, -0.1) is 0 Å². The van der Waals surface area contributed by atoms with Crippen LogP contribution in [-0.2, 0) is 0 Å². The summed E-state index contributed by atoms with van der Waals surface area (Å²) in [5.41, 5.74) is 4.17. The summed E-state index contributed by atoms with van der Waals surface area (Å²) in [4.78, 5) is 37.8. The van der Waals surface area contributed by atoms with Crippen LogP contribution >= 0.6 is 34.8 Å². The van der Waals surface area contributed by atoms with Crippen molar-refractivity contribution in [3.8, 4) is 11.5 Å². The smallest absolute Gasteiger partial charge is 0.345 e. The number of ether oxygens (including phenoxy) is 2. The zero-order valence-electron chi connectivity index (χ0n) is 21.5. The van der Waals surface area contributed by atoms with Gasteiger partial charge in [-0.05, 0) is 79.2 Å². The Bertz CT molecular complexity index is 1640. The van der Waals surface area contributed by atoms with E-state index in [2.05, 4.69) is 15.8 Å². The van der Waals surface area contributed by atoms with Crippen LogP contribution in [0.1, 0.15) is 43.6 Å². The molecule has 0 saturated heterocycles. The van der Waals surface area contributed by atoms with Gasteiger partial charge < -0.3 is 14.8 Å². The number of carbonyl (C=O) groups is 3. The molecule has 11 heteroatoms. The molecule has 0 aliphatic heterocycles. The van der Waals surface area contributed by atoms with Crippen molar-refractivity contribution in [2.75, 3.05) is 11.9 Å². The lowest BCUT2D eigenvalue weighted by Gasteiger charge is -2.12. The number of benzene rings is 4. The number of nitrogens with zero attached hydrogens (tertiary/aromatic N) is 1. The summed E-state index contributed by atoms with van der Waals surface area (Å²) in [6.45, 7) is 2.10. The molecule has 2 N–H and O–H groups in total. The largest absolute Gasteiger partial charge is 0.490 e. The predicted octanol–water partition coefficient (Wildman–Crippen LogP) is 7.28. The molecule has 0 saturated carbocycles. The summed E-state index contributed by atoms with van der Waals surface area (Å²) in [5.74, 6) is -1.10. The molecular weight excluding hydrogens is 589 g/mol. The first-order valence-electron chi connectivity index (χ1n) is 12.2. The number of hydrazone groups is 1. The lowest BCUT2D eigenvalue weighted by Crippen LogP contribution is -2.18. The fourth-order valence-corrected chi connectivity index (χ4v) is 4.29. The van der Waals surface area contributed by atoms with Crippen LogP contribution in [0.3, 0.4) is 0 Å². The van der Waals surface area contributed by atoms with E-state index in [1.165, 1.54) is 30.5 Å². The molecule has 0 unspecified atom stereocenters. The van der Waals surface area contributed by atoms with E-state index in [1.54, 1.807) is 67.6 Å². The average molecular weight is 611 g/mol. The third-order valence-electron chi connectivity index (χ3n) is 5.50. The van der Waals surface area contributed by atoms with Gasteiger partial charge in [-0.1, -0.05) is 53.0 Å². The maximum atomic E-state index is 12.7. The van der Waals surface area contributed by atoms with Gasteiger partial charge in [0.2, 0.25) is 0 Å². The van der Waals surface area contributed by atoms with Crippen LogP contribution in [0.15, 0.2) is 90.0 Å². The van der Waals surface area contributed by atoms with Crippen molar-refractivity contribution < 1.29 is 23.9 Å². The lowest BCUT2D eigenvalue weighted by molar-refractivity contribution is 0.0728. The Balaban J connectivity index is 1.41. The van der Waals surface area contributed by atoms with E-state index in [9.17, 15) is 14.4 Å². The molecule has 4 rings (SSSR count). The van der Waals surface area contributed by atoms with Crippen LogP contribution in [0.25, 0.3) is 0 Å². The summed E-state index contributed by atoms with van der Waals surface area (Å²) in [6, 6.07) is 22.3. The molecule has 0 aliphatic rings. The second-order valence-corrected chi connectivity index (χ2v) is 9.62. The van der Waals surface area contributed by atoms with Gasteiger partial charge in [0.1, 0.15) is 0 Å². The fourth-order valence-electron chi connectivity index (χ4n) is 3.58. The summed E-state index contributed by atoms with van der Waals surface area (Å²) >= 11 is 18.1. The third kappa shape index (κ3) is 7.85. The van der Waals surface area contributed by atoms with Crippen molar-refractivity contribution in [1.29, 1.82) is 0 Å². The van der Waals surface area contributed by atoms with Crippen LogP contribution in [0, 0.1) is 0 Å². The molecule has 41 heavy (non-hydrogen) atoms. The van der Waals surface area contributed by atoms with Crippen molar-refractivity contribution in [3.05, 3.63) is 122 Å². The van der Waals surface area contributed by atoms with E-state index >= 15 is 0 Å². The summed E-state index contributed by atoms with van der Waals surface area (Å²) < 4.78 is 11.1. The highest BCUT2D eigenvalue weighted by atomic mass is 35.5. The minimum absolute atomic E-state index is 0.152. The van der Waals surface area contributed by atoms with Gasteiger partial charge in [-0.3, -0.25) is 9.59 Å². The highest BCUT2D eigenvalue weighted by Crippen LogP contribution is 2.30. The molecular formula is C30H22Cl3N3O5. The number of rotatable bonds is 9. The molecule has 0 spiro atoms. The first-order valence-corrected chi connectivity index (χ1v) is 13.3.